The second kappa shape index (κ2) is 7.85. The van der Waals surface area contributed by atoms with Crippen molar-refractivity contribution in [3.05, 3.63) is 60.0 Å². The van der Waals surface area contributed by atoms with Crippen LogP contribution >= 0.6 is 23.1 Å². The number of rotatable bonds is 6. The molecule has 0 aliphatic carbocycles. The van der Waals surface area contributed by atoms with Crippen LogP contribution in [0.5, 0.6) is 5.75 Å². The Balaban J connectivity index is 1.43. The highest BCUT2D eigenvalue weighted by Gasteiger charge is 2.12. The van der Waals surface area contributed by atoms with Crippen LogP contribution in [0.3, 0.4) is 0 Å². The van der Waals surface area contributed by atoms with Gasteiger partial charge in [-0.05, 0) is 30.3 Å². The number of thioether (sulfide) groups is 1. The lowest BCUT2D eigenvalue weighted by Crippen LogP contribution is -2.13. The summed E-state index contributed by atoms with van der Waals surface area (Å²) in [5, 5.41) is 6.24. The Morgan fingerprint density at radius 1 is 1.22 bits per heavy atom. The molecule has 0 atom stereocenters. The third kappa shape index (κ3) is 4.15. The molecule has 0 spiro atoms. The number of furan rings is 1. The van der Waals surface area contributed by atoms with Gasteiger partial charge in [-0.15, -0.1) is 23.1 Å². The van der Waals surface area contributed by atoms with E-state index < -0.39 is 0 Å². The Hall–Kier alpha value is -2.77. The Labute approximate surface area is 164 Å². The van der Waals surface area contributed by atoms with Crippen LogP contribution in [-0.2, 0) is 4.79 Å². The molecule has 0 unspecified atom stereocenters. The quantitative estimate of drug-likeness (QED) is 0.448. The second-order valence-corrected chi connectivity index (χ2v) is 7.61. The third-order valence-electron chi connectivity index (χ3n) is 3.84. The number of amides is 1. The van der Waals surface area contributed by atoms with E-state index in [2.05, 4.69) is 10.3 Å². The highest BCUT2D eigenvalue weighted by molar-refractivity contribution is 8.00. The fraction of sp³-hybridized carbons (Fsp3) is 0.100. The molecular weight excluding hydrogens is 380 g/mol. The predicted molar refractivity (Wildman–Crippen MR) is 110 cm³/mol. The number of anilines is 1. The molecular formula is C20H16N2O3S2. The molecule has 136 valence electrons. The first kappa shape index (κ1) is 17.6. The number of carbonyl (C=O) groups is 1. The zero-order valence-electron chi connectivity index (χ0n) is 14.5. The lowest BCUT2D eigenvalue weighted by molar-refractivity contribution is -0.113. The maximum atomic E-state index is 12.1. The van der Waals surface area contributed by atoms with Gasteiger partial charge in [0.25, 0.3) is 0 Å². The third-order valence-corrected chi connectivity index (χ3v) is 5.61. The van der Waals surface area contributed by atoms with Crippen molar-refractivity contribution in [1.29, 1.82) is 0 Å². The van der Waals surface area contributed by atoms with Gasteiger partial charge < -0.3 is 14.5 Å². The number of benzene rings is 2. The van der Waals surface area contributed by atoms with E-state index in [1.807, 2.05) is 60.0 Å². The van der Waals surface area contributed by atoms with E-state index in [9.17, 15) is 4.79 Å². The molecule has 2 aromatic heterocycles. The molecule has 27 heavy (non-hydrogen) atoms. The average Bonchev–Trinajstić information content (AvgIpc) is 3.33. The molecule has 2 heterocycles. The molecule has 4 aromatic rings. The maximum absolute atomic E-state index is 12.1. The zero-order chi connectivity index (χ0) is 18.6. The van der Waals surface area contributed by atoms with Crippen LogP contribution in [0.4, 0.5) is 5.13 Å². The summed E-state index contributed by atoms with van der Waals surface area (Å²) in [7, 11) is 1.62. The van der Waals surface area contributed by atoms with Crippen molar-refractivity contribution >= 4 is 45.1 Å². The lowest BCUT2D eigenvalue weighted by Gasteiger charge is -2.01. The maximum Gasteiger partial charge on any atom is 0.236 e. The van der Waals surface area contributed by atoms with Gasteiger partial charge in [0.15, 0.2) is 10.9 Å². The number of aromatic nitrogens is 1. The van der Waals surface area contributed by atoms with Crippen LogP contribution in [0.25, 0.3) is 22.4 Å². The van der Waals surface area contributed by atoms with Crippen molar-refractivity contribution in [2.45, 2.75) is 4.90 Å². The molecule has 0 radical (unpaired) electrons. The van der Waals surface area contributed by atoms with Crippen LogP contribution in [0, 0.1) is 0 Å². The number of carbonyl (C=O) groups excluding carboxylic acids is 1. The van der Waals surface area contributed by atoms with Crippen molar-refractivity contribution in [3.63, 3.8) is 0 Å². The topological polar surface area (TPSA) is 64.4 Å². The first-order valence-electron chi connectivity index (χ1n) is 8.22. The minimum atomic E-state index is -0.0842. The Kier molecular flexibility index (Phi) is 5.13. The molecule has 0 saturated carbocycles. The van der Waals surface area contributed by atoms with Crippen molar-refractivity contribution < 1.29 is 13.9 Å². The average molecular weight is 396 g/mol. The molecule has 1 amide bonds. The van der Waals surface area contributed by atoms with E-state index in [0.29, 0.717) is 22.3 Å². The second-order valence-electron chi connectivity index (χ2n) is 5.70. The summed E-state index contributed by atoms with van der Waals surface area (Å²) >= 11 is 2.87. The molecule has 0 aliphatic heterocycles. The summed E-state index contributed by atoms with van der Waals surface area (Å²) in [6.45, 7) is 0. The molecule has 2 aromatic carbocycles. The lowest BCUT2D eigenvalue weighted by atomic mass is 10.2. The Morgan fingerprint density at radius 3 is 2.89 bits per heavy atom. The van der Waals surface area contributed by atoms with Gasteiger partial charge in [0.1, 0.15) is 17.0 Å². The SMILES string of the molecule is COc1ccc2cc(-c3csc(NC(=O)CSc4ccccc4)n3)oc2c1. The minimum Gasteiger partial charge on any atom is -0.497 e. The summed E-state index contributed by atoms with van der Waals surface area (Å²) < 4.78 is 11.1. The number of fused-ring (bicyclic) bond motifs is 1. The number of hydrogen-bond acceptors (Lipinski definition) is 6. The number of ether oxygens (including phenoxy) is 1. The molecule has 0 aliphatic rings. The molecule has 0 saturated heterocycles. The number of thiazole rings is 1. The normalized spacial score (nSPS) is 10.9. The summed E-state index contributed by atoms with van der Waals surface area (Å²) in [4.78, 5) is 17.7. The first-order chi connectivity index (χ1) is 13.2. The summed E-state index contributed by atoms with van der Waals surface area (Å²) in [5.41, 5.74) is 1.43. The van der Waals surface area contributed by atoms with Crippen molar-refractivity contribution in [2.75, 3.05) is 18.2 Å². The number of nitrogens with one attached hydrogen (secondary N) is 1. The van der Waals surface area contributed by atoms with Gasteiger partial charge in [-0.25, -0.2) is 4.98 Å². The highest BCUT2D eigenvalue weighted by Crippen LogP contribution is 2.32. The van der Waals surface area contributed by atoms with Crippen molar-refractivity contribution in [1.82, 2.24) is 4.98 Å². The van der Waals surface area contributed by atoms with Crippen molar-refractivity contribution in [2.24, 2.45) is 0 Å². The zero-order valence-corrected chi connectivity index (χ0v) is 16.1. The standard InChI is InChI=1S/C20H16N2O3S2/c1-24-14-8-7-13-9-18(25-17(13)10-14)16-11-27-20(21-16)22-19(23)12-26-15-5-3-2-4-6-15/h2-11H,12H2,1H3,(H,21,22,23). The molecule has 1 N–H and O–H groups in total. The van der Waals surface area contributed by atoms with Gasteiger partial charge in [-0.2, -0.15) is 0 Å². The molecule has 5 nitrogen and oxygen atoms in total. The van der Waals surface area contributed by atoms with Crippen LogP contribution in [0.2, 0.25) is 0 Å². The molecule has 7 heteroatoms. The van der Waals surface area contributed by atoms with Gasteiger partial charge in [0.2, 0.25) is 5.91 Å². The van der Waals surface area contributed by atoms with E-state index in [-0.39, 0.29) is 5.91 Å². The van der Waals surface area contributed by atoms with E-state index >= 15 is 0 Å². The smallest absolute Gasteiger partial charge is 0.236 e. The molecule has 4 rings (SSSR count). The number of hydrogen-bond donors (Lipinski definition) is 1. The van der Waals surface area contributed by atoms with E-state index in [4.69, 9.17) is 9.15 Å². The van der Waals surface area contributed by atoms with Gasteiger partial charge >= 0.3 is 0 Å². The van der Waals surface area contributed by atoms with E-state index in [1.54, 1.807) is 7.11 Å². The monoisotopic (exact) mass is 396 g/mol. The summed E-state index contributed by atoms with van der Waals surface area (Å²) in [6.07, 6.45) is 0. The van der Waals surface area contributed by atoms with Gasteiger partial charge in [-0.3, -0.25) is 4.79 Å². The predicted octanol–water partition coefficient (Wildman–Crippen LogP) is 5.30. The minimum absolute atomic E-state index is 0.0842. The summed E-state index contributed by atoms with van der Waals surface area (Å²) in [5.74, 6) is 1.65. The Bertz CT molecular complexity index is 1070. The Morgan fingerprint density at radius 2 is 2.07 bits per heavy atom. The van der Waals surface area contributed by atoms with Crippen LogP contribution < -0.4 is 10.1 Å². The van der Waals surface area contributed by atoms with Gasteiger partial charge in [0, 0.05) is 21.7 Å². The first-order valence-corrected chi connectivity index (χ1v) is 10.1. The summed E-state index contributed by atoms with van der Waals surface area (Å²) in [6, 6.07) is 17.4. The fourth-order valence-corrected chi connectivity index (χ4v) is 3.97. The van der Waals surface area contributed by atoms with Crippen molar-refractivity contribution in [3.8, 4) is 17.2 Å². The van der Waals surface area contributed by atoms with E-state index in [1.165, 1.54) is 23.1 Å². The number of methoxy groups -OCH3 is 1. The fourth-order valence-electron chi connectivity index (χ4n) is 2.53. The van der Waals surface area contributed by atoms with Gasteiger partial charge in [0.05, 0.1) is 12.9 Å². The van der Waals surface area contributed by atoms with E-state index in [0.717, 1.165) is 21.6 Å². The van der Waals surface area contributed by atoms with Crippen LogP contribution in [-0.4, -0.2) is 23.8 Å². The molecule has 0 bridgehead atoms. The van der Waals surface area contributed by atoms with Crippen LogP contribution in [0.15, 0.2) is 69.3 Å². The highest BCUT2D eigenvalue weighted by atomic mass is 32.2. The largest absolute Gasteiger partial charge is 0.497 e. The van der Waals surface area contributed by atoms with Crippen LogP contribution in [0.1, 0.15) is 0 Å². The molecule has 0 fully saturated rings. The number of nitrogens with zero attached hydrogens (tertiary/aromatic N) is 1. The van der Waals surface area contributed by atoms with Gasteiger partial charge in [-0.1, -0.05) is 18.2 Å².